The first-order chi connectivity index (χ1) is 13.2. The molecule has 0 fully saturated rings. The van der Waals surface area contributed by atoms with Gasteiger partial charge in [0, 0.05) is 11.1 Å². The summed E-state index contributed by atoms with van der Waals surface area (Å²) in [7, 11) is -0.771. The van der Waals surface area contributed by atoms with E-state index in [1.807, 2.05) is 0 Å². The molecule has 0 spiro atoms. The summed E-state index contributed by atoms with van der Waals surface area (Å²) in [6.07, 6.45) is 1.30. The van der Waals surface area contributed by atoms with E-state index in [1.54, 1.807) is 43.3 Å². The average Bonchev–Trinajstić information content (AvgIpc) is 2.64. The zero-order valence-electron chi connectivity index (χ0n) is 16.1. The standard InChI is InChI=1S/C19H23ClN2O5S/c1-5-17(22(28(4,24)25)14-8-6-7-13(20)11-14)19(23)21-16-12-15(26-2)9-10-18(16)27-3/h6-12,17H,5H2,1-4H3,(H,21,23). The molecule has 1 amide bonds. The molecule has 0 saturated heterocycles. The number of sulfonamides is 1. The summed E-state index contributed by atoms with van der Waals surface area (Å²) in [5, 5.41) is 3.11. The number of nitrogens with one attached hydrogen (secondary N) is 1. The van der Waals surface area contributed by atoms with Crippen LogP contribution in [0.4, 0.5) is 11.4 Å². The third-order valence-electron chi connectivity index (χ3n) is 4.06. The summed E-state index contributed by atoms with van der Waals surface area (Å²) in [5.74, 6) is 0.455. The van der Waals surface area contributed by atoms with Crippen molar-refractivity contribution in [3.05, 3.63) is 47.5 Å². The van der Waals surface area contributed by atoms with Crippen molar-refractivity contribution in [2.75, 3.05) is 30.1 Å². The summed E-state index contributed by atoms with van der Waals surface area (Å²) >= 11 is 6.02. The van der Waals surface area contributed by atoms with Crippen LogP contribution in [0, 0.1) is 0 Å². The van der Waals surface area contributed by atoms with Gasteiger partial charge in [0.1, 0.15) is 17.5 Å². The van der Waals surface area contributed by atoms with Gasteiger partial charge in [-0.05, 0) is 36.8 Å². The lowest BCUT2D eigenvalue weighted by Crippen LogP contribution is -2.47. The maximum absolute atomic E-state index is 13.0. The van der Waals surface area contributed by atoms with E-state index in [4.69, 9.17) is 21.1 Å². The highest BCUT2D eigenvalue weighted by molar-refractivity contribution is 7.92. The summed E-state index contributed by atoms with van der Waals surface area (Å²) in [6, 6.07) is 10.3. The third kappa shape index (κ3) is 5.08. The second-order valence-corrected chi connectivity index (χ2v) is 8.31. The molecule has 0 aromatic heterocycles. The molecule has 1 unspecified atom stereocenters. The minimum atomic E-state index is -3.75. The highest BCUT2D eigenvalue weighted by Gasteiger charge is 2.32. The normalized spacial score (nSPS) is 12.2. The van der Waals surface area contributed by atoms with E-state index in [0.29, 0.717) is 27.9 Å². The van der Waals surface area contributed by atoms with Crippen molar-refractivity contribution >= 4 is 38.9 Å². The summed E-state index contributed by atoms with van der Waals surface area (Å²) < 4.78 is 36.5. The molecule has 1 atom stereocenters. The van der Waals surface area contributed by atoms with Gasteiger partial charge in [-0.3, -0.25) is 9.10 Å². The van der Waals surface area contributed by atoms with Gasteiger partial charge >= 0.3 is 0 Å². The molecule has 0 bridgehead atoms. The number of halogens is 1. The molecule has 0 aliphatic rings. The molecule has 0 saturated carbocycles. The maximum atomic E-state index is 13.0. The molecule has 1 N–H and O–H groups in total. The van der Waals surface area contributed by atoms with Crippen molar-refractivity contribution in [2.45, 2.75) is 19.4 Å². The lowest BCUT2D eigenvalue weighted by Gasteiger charge is -2.30. The first kappa shape index (κ1) is 21.8. The fourth-order valence-corrected chi connectivity index (χ4v) is 4.19. The number of nitrogens with zero attached hydrogens (tertiary/aromatic N) is 1. The Hall–Kier alpha value is -2.45. The Labute approximate surface area is 170 Å². The van der Waals surface area contributed by atoms with Gasteiger partial charge in [-0.1, -0.05) is 24.6 Å². The van der Waals surface area contributed by atoms with Crippen LogP contribution in [0.2, 0.25) is 5.02 Å². The van der Waals surface area contributed by atoms with E-state index in [0.717, 1.165) is 10.6 Å². The SMILES string of the molecule is CCC(C(=O)Nc1cc(OC)ccc1OC)N(c1cccc(Cl)c1)S(C)(=O)=O. The number of carbonyl (C=O) groups excluding carboxylic acids is 1. The number of carbonyl (C=O) groups is 1. The van der Waals surface area contributed by atoms with E-state index >= 15 is 0 Å². The van der Waals surface area contributed by atoms with Gasteiger partial charge in [-0.15, -0.1) is 0 Å². The Morgan fingerprint density at radius 1 is 1.18 bits per heavy atom. The van der Waals surface area contributed by atoms with Gasteiger partial charge in [-0.25, -0.2) is 8.42 Å². The van der Waals surface area contributed by atoms with Crippen LogP contribution in [0.25, 0.3) is 0 Å². The molecule has 2 rings (SSSR count). The van der Waals surface area contributed by atoms with Gasteiger partial charge < -0.3 is 14.8 Å². The van der Waals surface area contributed by atoms with E-state index in [1.165, 1.54) is 20.3 Å². The van der Waals surface area contributed by atoms with Crippen LogP contribution in [-0.2, 0) is 14.8 Å². The molecule has 0 radical (unpaired) electrons. The van der Waals surface area contributed by atoms with Crippen LogP contribution >= 0.6 is 11.6 Å². The molecule has 2 aromatic rings. The Morgan fingerprint density at radius 3 is 2.43 bits per heavy atom. The third-order valence-corrected chi connectivity index (χ3v) is 5.47. The minimum absolute atomic E-state index is 0.248. The highest BCUT2D eigenvalue weighted by atomic mass is 35.5. The van der Waals surface area contributed by atoms with Gasteiger partial charge in [-0.2, -0.15) is 0 Å². The Morgan fingerprint density at radius 2 is 1.89 bits per heavy atom. The van der Waals surface area contributed by atoms with E-state index < -0.39 is 22.0 Å². The predicted octanol–water partition coefficient (Wildman–Crippen LogP) is 3.54. The summed E-state index contributed by atoms with van der Waals surface area (Å²) in [6.45, 7) is 1.73. The number of hydrogen-bond donors (Lipinski definition) is 1. The Bertz CT molecular complexity index is 949. The molecule has 7 nitrogen and oxygen atoms in total. The van der Waals surface area contributed by atoms with Crippen molar-refractivity contribution < 1.29 is 22.7 Å². The fraction of sp³-hybridized carbons (Fsp3) is 0.316. The van der Waals surface area contributed by atoms with Crippen molar-refractivity contribution in [1.82, 2.24) is 0 Å². The van der Waals surface area contributed by atoms with Crippen molar-refractivity contribution in [2.24, 2.45) is 0 Å². The lowest BCUT2D eigenvalue weighted by molar-refractivity contribution is -0.117. The molecule has 0 aliphatic carbocycles. The van der Waals surface area contributed by atoms with Crippen LogP contribution in [0.5, 0.6) is 11.5 Å². The monoisotopic (exact) mass is 426 g/mol. The number of amides is 1. The van der Waals surface area contributed by atoms with Crippen molar-refractivity contribution in [3.63, 3.8) is 0 Å². The maximum Gasteiger partial charge on any atom is 0.248 e. The summed E-state index contributed by atoms with van der Waals surface area (Å²) in [4.78, 5) is 13.0. The topological polar surface area (TPSA) is 84.9 Å². The predicted molar refractivity (Wildman–Crippen MR) is 111 cm³/mol. The zero-order chi connectivity index (χ0) is 20.9. The van der Waals surface area contributed by atoms with Crippen LogP contribution < -0.4 is 19.1 Å². The molecular weight excluding hydrogens is 404 g/mol. The van der Waals surface area contributed by atoms with Crippen LogP contribution in [0.15, 0.2) is 42.5 Å². The fourth-order valence-electron chi connectivity index (χ4n) is 2.80. The number of rotatable bonds is 8. The molecule has 9 heteroatoms. The number of methoxy groups -OCH3 is 2. The smallest absolute Gasteiger partial charge is 0.248 e. The molecule has 0 aliphatic heterocycles. The van der Waals surface area contributed by atoms with E-state index in [9.17, 15) is 13.2 Å². The molecule has 28 heavy (non-hydrogen) atoms. The van der Waals surface area contributed by atoms with Gasteiger partial charge in [0.15, 0.2) is 0 Å². The van der Waals surface area contributed by atoms with Crippen LogP contribution in [0.3, 0.4) is 0 Å². The van der Waals surface area contributed by atoms with Gasteiger partial charge in [0.05, 0.1) is 31.9 Å². The largest absolute Gasteiger partial charge is 0.497 e. The quantitative estimate of drug-likeness (QED) is 0.697. The van der Waals surface area contributed by atoms with Gasteiger partial charge in [0.2, 0.25) is 15.9 Å². The molecular formula is C19H23ClN2O5S. The Kier molecular flexibility index (Phi) is 7.15. The highest BCUT2D eigenvalue weighted by Crippen LogP contribution is 2.30. The second-order valence-electron chi connectivity index (χ2n) is 6.02. The van der Waals surface area contributed by atoms with Crippen LogP contribution in [0.1, 0.15) is 13.3 Å². The molecule has 152 valence electrons. The van der Waals surface area contributed by atoms with E-state index in [-0.39, 0.29) is 6.42 Å². The average molecular weight is 427 g/mol. The first-order valence-electron chi connectivity index (χ1n) is 8.49. The lowest BCUT2D eigenvalue weighted by atomic mass is 10.1. The first-order valence-corrected chi connectivity index (χ1v) is 10.7. The molecule has 0 heterocycles. The zero-order valence-corrected chi connectivity index (χ0v) is 17.7. The number of anilines is 2. The minimum Gasteiger partial charge on any atom is -0.497 e. The van der Waals surface area contributed by atoms with Crippen LogP contribution in [-0.4, -0.2) is 40.8 Å². The van der Waals surface area contributed by atoms with Crippen molar-refractivity contribution in [3.8, 4) is 11.5 Å². The number of benzene rings is 2. The molecule has 2 aromatic carbocycles. The number of ether oxygens (including phenoxy) is 2. The number of hydrogen-bond acceptors (Lipinski definition) is 5. The summed E-state index contributed by atoms with van der Waals surface area (Å²) in [5.41, 5.74) is 0.694. The second kappa shape index (κ2) is 9.16. The van der Waals surface area contributed by atoms with Crippen molar-refractivity contribution in [1.29, 1.82) is 0 Å². The Balaban J connectivity index is 2.43. The van der Waals surface area contributed by atoms with Gasteiger partial charge in [0.25, 0.3) is 0 Å². The van der Waals surface area contributed by atoms with E-state index in [2.05, 4.69) is 5.32 Å².